The minimum atomic E-state index is -0.504. The van der Waals surface area contributed by atoms with E-state index in [4.69, 9.17) is 9.47 Å². The number of unbranched alkanes of at least 4 members (excludes halogenated alkanes) is 7. The van der Waals surface area contributed by atoms with Gasteiger partial charge in [0, 0.05) is 0 Å². The quantitative estimate of drug-likeness (QED) is 0.372. The van der Waals surface area contributed by atoms with E-state index in [9.17, 15) is 9.59 Å². The first-order chi connectivity index (χ1) is 12.2. The predicted molar refractivity (Wildman–Crippen MR) is 97.7 cm³/mol. The van der Waals surface area contributed by atoms with Crippen LogP contribution >= 0.6 is 0 Å². The summed E-state index contributed by atoms with van der Waals surface area (Å²) in [6, 6.07) is 4.71. The molecule has 0 spiro atoms. The first kappa shape index (κ1) is 21.1. The van der Waals surface area contributed by atoms with Crippen molar-refractivity contribution in [3.05, 3.63) is 29.6 Å². The second-order valence-corrected chi connectivity index (χ2v) is 6.15. The topological polar surface area (TPSA) is 65.5 Å². The number of ether oxygens (including phenoxy) is 2. The number of esters is 2. The Morgan fingerprint density at radius 1 is 0.760 bits per heavy atom. The molecular weight excluding hydrogens is 318 g/mol. The molecule has 5 nitrogen and oxygen atoms in total. The van der Waals surface area contributed by atoms with Crippen LogP contribution in [0.1, 0.15) is 92.6 Å². The fourth-order valence-electron chi connectivity index (χ4n) is 2.34. The molecule has 0 aliphatic carbocycles. The lowest BCUT2D eigenvalue weighted by molar-refractivity contribution is 0.0483. The maximum absolute atomic E-state index is 12.0. The van der Waals surface area contributed by atoms with Gasteiger partial charge in [0.1, 0.15) is 11.4 Å². The van der Waals surface area contributed by atoms with Gasteiger partial charge in [-0.05, 0) is 25.0 Å². The van der Waals surface area contributed by atoms with Gasteiger partial charge in [-0.15, -0.1) is 0 Å². The number of rotatable bonds is 13. The molecule has 0 unspecified atom stereocenters. The van der Waals surface area contributed by atoms with Crippen LogP contribution in [-0.2, 0) is 9.47 Å². The van der Waals surface area contributed by atoms with Crippen molar-refractivity contribution < 1.29 is 19.1 Å². The van der Waals surface area contributed by atoms with Gasteiger partial charge in [-0.1, -0.05) is 64.9 Å². The third kappa shape index (κ3) is 9.22. The lowest BCUT2D eigenvalue weighted by Gasteiger charge is -2.06. The Morgan fingerprint density at radius 3 is 1.80 bits per heavy atom. The zero-order chi connectivity index (χ0) is 18.3. The van der Waals surface area contributed by atoms with Crippen molar-refractivity contribution in [1.29, 1.82) is 0 Å². The SMILES string of the molecule is CCCCCCCCCOC(=O)c1cccc(C(=O)OCCCC)n1. The summed E-state index contributed by atoms with van der Waals surface area (Å²) in [6.45, 7) is 4.98. The number of aromatic nitrogens is 1. The molecule has 0 N–H and O–H groups in total. The number of carbonyl (C=O) groups is 2. The molecule has 0 aliphatic rings. The van der Waals surface area contributed by atoms with E-state index in [1.807, 2.05) is 6.92 Å². The first-order valence-electron chi connectivity index (χ1n) is 9.50. The number of carbonyl (C=O) groups excluding carboxylic acids is 2. The van der Waals surface area contributed by atoms with Crippen molar-refractivity contribution in [1.82, 2.24) is 4.98 Å². The molecule has 25 heavy (non-hydrogen) atoms. The molecule has 1 aromatic heterocycles. The van der Waals surface area contributed by atoms with Crippen LogP contribution in [0, 0.1) is 0 Å². The average molecular weight is 349 g/mol. The standard InChI is InChI=1S/C20H31NO4/c1-3-5-7-8-9-10-11-16-25-20(23)18-14-12-13-17(21-18)19(22)24-15-6-4-2/h12-14H,3-11,15-16H2,1-2H3. The molecule has 0 atom stereocenters. The Kier molecular flexibility index (Phi) is 11.3. The molecule has 1 heterocycles. The zero-order valence-corrected chi connectivity index (χ0v) is 15.6. The van der Waals surface area contributed by atoms with Crippen LogP contribution in [0.3, 0.4) is 0 Å². The Morgan fingerprint density at radius 2 is 1.24 bits per heavy atom. The molecule has 0 aromatic carbocycles. The maximum atomic E-state index is 12.0. The van der Waals surface area contributed by atoms with Gasteiger partial charge in [-0.3, -0.25) is 0 Å². The van der Waals surface area contributed by atoms with Crippen LogP contribution in [0.5, 0.6) is 0 Å². The molecule has 0 amide bonds. The maximum Gasteiger partial charge on any atom is 0.356 e. The summed E-state index contributed by atoms with van der Waals surface area (Å²) >= 11 is 0. The second-order valence-electron chi connectivity index (χ2n) is 6.15. The molecule has 1 rings (SSSR count). The minimum Gasteiger partial charge on any atom is -0.461 e. The molecule has 1 aromatic rings. The Hall–Kier alpha value is -1.91. The first-order valence-corrected chi connectivity index (χ1v) is 9.50. The van der Waals surface area contributed by atoms with Gasteiger partial charge in [0.15, 0.2) is 0 Å². The lowest BCUT2D eigenvalue weighted by atomic mass is 10.1. The normalized spacial score (nSPS) is 10.5. The van der Waals surface area contributed by atoms with Gasteiger partial charge >= 0.3 is 11.9 Å². The van der Waals surface area contributed by atoms with Crippen molar-refractivity contribution in [3.63, 3.8) is 0 Å². The molecule has 0 bridgehead atoms. The van der Waals surface area contributed by atoms with Crippen molar-refractivity contribution in [2.24, 2.45) is 0 Å². The molecule has 5 heteroatoms. The zero-order valence-electron chi connectivity index (χ0n) is 15.6. The summed E-state index contributed by atoms with van der Waals surface area (Å²) in [4.78, 5) is 27.9. The number of hydrogen-bond acceptors (Lipinski definition) is 5. The molecule has 0 radical (unpaired) electrons. The van der Waals surface area contributed by atoms with E-state index in [-0.39, 0.29) is 11.4 Å². The van der Waals surface area contributed by atoms with E-state index in [2.05, 4.69) is 11.9 Å². The number of pyridine rings is 1. The predicted octanol–water partition coefficient (Wildman–Crippen LogP) is 4.95. The van der Waals surface area contributed by atoms with Gasteiger partial charge in [-0.2, -0.15) is 0 Å². The van der Waals surface area contributed by atoms with Gasteiger partial charge < -0.3 is 9.47 Å². The highest BCUT2D eigenvalue weighted by atomic mass is 16.5. The van der Waals surface area contributed by atoms with Crippen LogP contribution in [0.2, 0.25) is 0 Å². The molecule has 0 fully saturated rings. The second kappa shape index (κ2) is 13.4. The number of nitrogens with zero attached hydrogens (tertiary/aromatic N) is 1. The van der Waals surface area contributed by atoms with Crippen LogP contribution in [0.4, 0.5) is 0 Å². The Bertz CT molecular complexity index is 516. The van der Waals surface area contributed by atoms with E-state index in [0.717, 1.165) is 25.7 Å². The third-order valence-electron chi connectivity index (χ3n) is 3.88. The average Bonchev–Trinajstić information content (AvgIpc) is 2.64. The molecule has 140 valence electrons. The highest BCUT2D eigenvalue weighted by Crippen LogP contribution is 2.08. The highest BCUT2D eigenvalue weighted by Gasteiger charge is 2.14. The van der Waals surface area contributed by atoms with E-state index in [1.165, 1.54) is 32.1 Å². The molecule has 0 aliphatic heterocycles. The summed E-state index contributed by atoms with van der Waals surface area (Å²) in [6.07, 6.45) is 9.91. The summed E-state index contributed by atoms with van der Waals surface area (Å²) in [5.74, 6) is -0.996. The molecule has 0 saturated heterocycles. The van der Waals surface area contributed by atoms with Gasteiger partial charge in [0.2, 0.25) is 0 Å². The lowest BCUT2D eigenvalue weighted by Crippen LogP contribution is -2.13. The summed E-state index contributed by atoms with van der Waals surface area (Å²) in [5.41, 5.74) is 0.286. The van der Waals surface area contributed by atoms with Gasteiger partial charge in [-0.25, -0.2) is 14.6 Å². The smallest absolute Gasteiger partial charge is 0.356 e. The van der Waals surface area contributed by atoms with Crippen molar-refractivity contribution in [2.75, 3.05) is 13.2 Å². The fraction of sp³-hybridized carbons (Fsp3) is 0.650. The van der Waals surface area contributed by atoms with Gasteiger partial charge in [0.05, 0.1) is 13.2 Å². The third-order valence-corrected chi connectivity index (χ3v) is 3.88. The van der Waals surface area contributed by atoms with Crippen LogP contribution < -0.4 is 0 Å². The monoisotopic (exact) mass is 349 g/mol. The van der Waals surface area contributed by atoms with Crippen molar-refractivity contribution in [2.45, 2.75) is 71.6 Å². The summed E-state index contributed by atoms with van der Waals surface area (Å²) < 4.78 is 10.3. The van der Waals surface area contributed by atoms with Crippen LogP contribution in [0.25, 0.3) is 0 Å². The van der Waals surface area contributed by atoms with Crippen LogP contribution in [0.15, 0.2) is 18.2 Å². The summed E-state index contributed by atoms with van der Waals surface area (Å²) in [5, 5.41) is 0. The fourth-order valence-corrected chi connectivity index (χ4v) is 2.34. The highest BCUT2D eigenvalue weighted by molar-refractivity contribution is 5.91. The van der Waals surface area contributed by atoms with Gasteiger partial charge in [0.25, 0.3) is 0 Å². The minimum absolute atomic E-state index is 0.140. The van der Waals surface area contributed by atoms with E-state index in [1.54, 1.807) is 18.2 Å². The van der Waals surface area contributed by atoms with Crippen molar-refractivity contribution >= 4 is 11.9 Å². The Labute approximate surface area is 151 Å². The summed E-state index contributed by atoms with van der Waals surface area (Å²) in [7, 11) is 0. The number of hydrogen-bond donors (Lipinski definition) is 0. The van der Waals surface area contributed by atoms with E-state index >= 15 is 0 Å². The molecular formula is C20H31NO4. The van der Waals surface area contributed by atoms with E-state index < -0.39 is 11.9 Å². The Balaban J connectivity index is 2.31. The largest absolute Gasteiger partial charge is 0.461 e. The van der Waals surface area contributed by atoms with Crippen molar-refractivity contribution in [3.8, 4) is 0 Å². The van der Waals surface area contributed by atoms with Crippen LogP contribution in [-0.4, -0.2) is 30.1 Å². The molecule has 0 saturated carbocycles. The van der Waals surface area contributed by atoms with E-state index in [0.29, 0.717) is 13.2 Å².